The zero-order valence-electron chi connectivity index (χ0n) is 8.87. The highest BCUT2D eigenvalue weighted by atomic mass is 19.1. The zero-order chi connectivity index (χ0) is 11.4. The number of aliphatic hydroxyl groups excluding tert-OH is 1. The number of benzene rings is 1. The molecule has 0 unspecified atom stereocenters. The lowest BCUT2D eigenvalue weighted by atomic mass is 10.1. The molecule has 0 fully saturated rings. The Balaban J connectivity index is 2.77. The van der Waals surface area contributed by atoms with Gasteiger partial charge in [-0.15, -0.1) is 0 Å². The van der Waals surface area contributed by atoms with E-state index in [2.05, 4.69) is 5.32 Å². The van der Waals surface area contributed by atoms with Crippen molar-refractivity contribution in [3.63, 3.8) is 0 Å². The Morgan fingerprint density at radius 3 is 2.60 bits per heavy atom. The highest BCUT2D eigenvalue weighted by molar-refractivity contribution is 5.34. The van der Waals surface area contributed by atoms with Gasteiger partial charge in [0.2, 0.25) is 0 Å². The lowest BCUT2D eigenvalue weighted by Crippen LogP contribution is -2.31. The maximum absolute atomic E-state index is 12.7. The molecule has 0 saturated carbocycles. The maximum Gasteiger partial charge on any atom is 0.126 e. The van der Waals surface area contributed by atoms with Crippen LogP contribution in [0.2, 0.25) is 0 Å². The minimum Gasteiger partial charge on any atom is -0.508 e. The molecule has 0 aliphatic heterocycles. The third kappa shape index (κ3) is 3.18. The van der Waals surface area contributed by atoms with E-state index in [0.717, 1.165) is 6.07 Å². The van der Waals surface area contributed by atoms with Gasteiger partial charge in [0.05, 0.1) is 6.61 Å². The van der Waals surface area contributed by atoms with Crippen LogP contribution in [0.1, 0.15) is 25.5 Å². The number of nitrogens with one attached hydrogen (secondary N) is 1. The van der Waals surface area contributed by atoms with Gasteiger partial charge in [-0.25, -0.2) is 4.39 Å². The Hall–Kier alpha value is -1.13. The van der Waals surface area contributed by atoms with Crippen molar-refractivity contribution in [1.82, 2.24) is 5.32 Å². The van der Waals surface area contributed by atoms with Gasteiger partial charge in [-0.3, -0.25) is 0 Å². The molecule has 0 aliphatic rings. The van der Waals surface area contributed by atoms with Crippen LogP contribution in [0.5, 0.6) is 5.75 Å². The van der Waals surface area contributed by atoms with E-state index in [1.165, 1.54) is 12.1 Å². The Kier molecular flexibility index (Phi) is 4.05. The first-order valence-electron chi connectivity index (χ1n) is 4.90. The van der Waals surface area contributed by atoms with Gasteiger partial charge >= 0.3 is 0 Å². The van der Waals surface area contributed by atoms with E-state index >= 15 is 0 Å². The first-order valence-corrected chi connectivity index (χ1v) is 4.90. The van der Waals surface area contributed by atoms with Crippen LogP contribution in [0.15, 0.2) is 18.2 Å². The molecule has 3 nitrogen and oxygen atoms in total. The first-order chi connectivity index (χ1) is 7.04. The summed E-state index contributed by atoms with van der Waals surface area (Å²) in [6, 6.07) is 3.72. The molecule has 0 radical (unpaired) electrons. The van der Waals surface area contributed by atoms with Crippen LogP contribution in [0.4, 0.5) is 4.39 Å². The van der Waals surface area contributed by atoms with Crippen LogP contribution in [0.3, 0.4) is 0 Å². The Bertz CT molecular complexity index is 330. The van der Waals surface area contributed by atoms with Crippen LogP contribution < -0.4 is 5.32 Å². The summed E-state index contributed by atoms with van der Waals surface area (Å²) < 4.78 is 12.7. The van der Waals surface area contributed by atoms with E-state index in [1.807, 2.05) is 13.8 Å². The average Bonchev–Trinajstić information content (AvgIpc) is 2.17. The fourth-order valence-electron chi connectivity index (χ4n) is 1.45. The summed E-state index contributed by atoms with van der Waals surface area (Å²) in [4.78, 5) is 0. The van der Waals surface area contributed by atoms with Crippen molar-refractivity contribution in [2.24, 2.45) is 0 Å². The number of phenols is 1. The van der Waals surface area contributed by atoms with Crippen LogP contribution in [0, 0.1) is 5.82 Å². The SMILES string of the molecule is C[C@H](CO)N[C@@H](C)c1ccc(F)cc1O. The monoisotopic (exact) mass is 213 g/mol. The lowest BCUT2D eigenvalue weighted by molar-refractivity contribution is 0.242. The number of hydrogen-bond acceptors (Lipinski definition) is 3. The van der Waals surface area contributed by atoms with E-state index < -0.39 is 5.82 Å². The van der Waals surface area contributed by atoms with Crippen molar-refractivity contribution in [3.05, 3.63) is 29.6 Å². The number of rotatable bonds is 4. The Labute approximate surface area is 88.6 Å². The van der Waals surface area contributed by atoms with Crippen molar-refractivity contribution in [1.29, 1.82) is 0 Å². The maximum atomic E-state index is 12.7. The average molecular weight is 213 g/mol. The van der Waals surface area contributed by atoms with Gasteiger partial charge in [0, 0.05) is 23.7 Å². The third-order valence-corrected chi connectivity index (χ3v) is 2.27. The molecule has 4 heteroatoms. The van der Waals surface area contributed by atoms with E-state index in [0.29, 0.717) is 5.56 Å². The summed E-state index contributed by atoms with van der Waals surface area (Å²) in [5.41, 5.74) is 0.622. The summed E-state index contributed by atoms with van der Waals surface area (Å²) in [6.07, 6.45) is 0. The minimum absolute atomic E-state index is 0.0201. The molecule has 1 aromatic rings. The van der Waals surface area contributed by atoms with Gasteiger partial charge in [0.1, 0.15) is 11.6 Å². The molecule has 0 amide bonds. The van der Waals surface area contributed by atoms with Crippen molar-refractivity contribution >= 4 is 0 Å². The van der Waals surface area contributed by atoms with Crippen LogP contribution in [0.25, 0.3) is 0 Å². The molecule has 0 heterocycles. The second-order valence-corrected chi connectivity index (χ2v) is 3.68. The van der Waals surface area contributed by atoms with Gasteiger partial charge < -0.3 is 15.5 Å². The van der Waals surface area contributed by atoms with Gasteiger partial charge in [-0.1, -0.05) is 6.07 Å². The predicted molar refractivity (Wildman–Crippen MR) is 56.2 cm³/mol. The quantitative estimate of drug-likeness (QED) is 0.711. The molecule has 84 valence electrons. The van der Waals surface area contributed by atoms with Crippen LogP contribution in [-0.2, 0) is 0 Å². The summed E-state index contributed by atoms with van der Waals surface area (Å²) in [7, 11) is 0. The highest BCUT2D eigenvalue weighted by Gasteiger charge is 2.12. The molecular formula is C11H16FNO2. The molecule has 0 spiro atoms. The molecule has 0 aliphatic carbocycles. The first kappa shape index (κ1) is 11.9. The summed E-state index contributed by atoms with van der Waals surface area (Å²) >= 11 is 0. The smallest absolute Gasteiger partial charge is 0.126 e. The Morgan fingerprint density at radius 2 is 2.07 bits per heavy atom. The number of halogens is 1. The number of aromatic hydroxyl groups is 1. The minimum atomic E-state index is -0.460. The lowest BCUT2D eigenvalue weighted by Gasteiger charge is -2.19. The molecular weight excluding hydrogens is 197 g/mol. The highest BCUT2D eigenvalue weighted by Crippen LogP contribution is 2.24. The molecule has 0 aromatic heterocycles. The van der Waals surface area contributed by atoms with Gasteiger partial charge in [-0.2, -0.15) is 0 Å². The van der Waals surface area contributed by atoms with Gasteiger partial charge in [0.15, 0.2) is 0 Å². The second kappa shape index (κ2) is 5.09. The fraction of sp³-hybridized carbons (Fsp3) is 0.455. The number of aliphatic hydroxyl groups is 1. The number of phenolic OH excluding ortho intramolecular Hbond substituents is 1. The van der Waals surface area contributed by atoms with E-state index in [-0.39, 0.29) is 24.4 Å². The predicted octanol–water partition coefficient (Wildman–Crippen LogP) is 1.56. The molecule has 3 N–H and O–H groups in total. The molecule has 15 heavy (non-hydrogen) atoms. The third-order valence-electron chi connectivity index (χ3n) is 2.27. The topological polar surface area (TPSA) is 52.5 Å². The summed E-state index contributed by atoms with van der Waals surface area (Å²) in [6.45, 7) is 3.70. The molecule has 0 saturated heterocycles. The van der Waals surface area contributed by atoms with E-state index in [1.54, 1.807) is 0 Å². The second-order valence-electron chi connectivity index (χ2n) is 3.68. The van der Waals surface area contributed by atoms with Crippen molar-refractivity contribution in [3.8, 4) is 5.75 Å². The fourth-order valence-corrected chi connectivity index (χ4v) is 1.45. The van der Waals surface area contributed by atoms with E-state index in [4.69, 9.17) is 5.11 Å². The number of hydrogen-bond donors (Lipinski definition) is 3. The van der Waals surface area contributed by atoms with Crippen molar-refractivity contribution in [2.45, 2.75) is 25.9 Å². The van der Waals surface area contributed by atoms with Gasteiger partial charge in [0.25, 0.3) is 0 Å². The van der Waals surface area contributed by atoms with Crippen molar-refractivity contribution < 1.29 is 14.6 Å². The van der Waals surface area contributed by atoms with Crippen LogP contribution >= 0.6 is 0 Å². The molecule has 1 rings (SSSR count). The summed E-state index contributed by atoms with van der Waals surface area (Å²) in [5.74, 6) is -0.529. The normalized spacial score (nSPS) is 14.9. The van der Waals surface area contributed by atoms with E-state index in [9.17, 15) is 9.50 Å². The largest absolute Gasteiger partial charge is 0.508 e. The standard InChI is InChI=1S/C11H16FNO2/c1-7(6-14)13-8(2)10-4-3-9(12)5-11(10)15/h3-5,7-8,13-15H,6H2,1-2H3/t7-,8+/m1/s1. The molecule has 1 aromatic carbocycles. The zero-order valence-corrected chi connectivity index (χ0v) is 8.87. The molecule has 2 atom stereocenters. The summed E-state index contributed by atoms with van der Waals surface area (Å²) in [5, 5.41) is 21.4. The molecule has 0 bridgehead atoms. The van der Waals surface area contributed by atoms with Gasteiger partial charge in [-0.05, 0) is 19.9 Å². The Morgan fingerprint density at radius 1 is 1.40 bits per heavy atom. The van der Waals surface area contributed by atoms with Crippen molar-refractivity contribution in [2.75, 3.05) is 6.61 Å². The van der Waals surface area contributed by atoms with Crippen LogP contribution in [-0.4, -0.2) is 22.9 Å².